The van der Waals surface area contributed by atoms with Gasteiger partial charge in [0.05, 0.1) is 12.8 Å². The number of anilines is 1. The SMILES string of the molecule is COc1ccc(Cl)cc1NC(=O)[C@@H](C)OC(=O)/C=C/c1ccc2c(c1)OCO2. The van der Waals surface area contributed by atoms with Crippen molar-refractivity contribution in [2.75, 3.05) is 19.2 Å². The summed E-state index contributed by atoms with van der Waals surface area (Å²) in [7, 11) is 1.48. The van der Waals surface area contributed by atoms with Crippen LogP contribution in [0.5, 0.6) is 17.2 Å². The lowest BCUT2D eigenvalue weighted by atomic mass is 10.2. The number of hydrogen-bond acceptors (Lipinski definition) is 6. The molecule has 1 atom stereocenters. The molecule has 0 unspecified atom stereocenters. The number of fused-ring (bicyclic) bond motifs is 1. The van der Waals surface area contributed by atoms with Crippen molar-refractivity contribution in [2.24, 2.45) is 0 Å². The maximum atomic E-state index is 12.3. The van der Waals surface area contributed by atoms with Crippen LogP contribution < -0.4 is 19.5 Å². The molecular formula is C20H18ClNO6. The van der Waals surface area contributed by atoms with E-state index in [9.17, 15) is 9.59 Å². The minimum atomic E-state index is -1.02. The maximum absolute atomic E-state index is 12.3. The van der Waals surface area contributed by atoms with Gasteiger partial charge in [0.25, 0.3) is 5.91 Å². The summed E-state index contributed by atoms with van der Waals surface area (Å²) in [5.41, 5.74) is 1.13. The molecule has 1 N–H and O–H groups in total. The predicted octanol–water partition coefficient (Wildman–Crippen LogP) is 3.66. The lowest BCUT2D eigenvalue weighted by Crippen LogP contribution is -2.29. The second-order valence-corrected chi connectivity index (χ2v) is 6.30. The van der Waals surface area contributed by atoms with Gasteiger partial charge in [0.1, 0.15) is 5.75 Å². The summed E-state index contributed by atoms with van der Waals surface area (Å²) in [6, 6.07) is 10.1. The van der Waals surface area contributed by atoms with E-state index >= 15 is 0 Å². The van der Waals surface area contributed by atoms with E-state index in [1.54, 1.807) is 42.5 Å². The topological polar surface area (TPSA) is 83.1 Å². The highest BCUT2D eigenvalue weighted by Crippen LogP contribution is 2.32. The first-order valence-electron chi connectivity index (χ1n) is 8.39. The quantitative estimate of drug-likeness (QED) is 0.585. The molecule has 0 aliphatic carbocycles. The van der Waals surface area contributed by atoms with Gasteiger partial charge in [-0.25, -0.2) is 4.79 Å². The molecule has 3 rings (SSSR count). The summed E-state index contributed by atoms with van der Waals surface area (Å²) < 4.78 is 20.8. The Kier molecular flexibility index (Phi) is 6.06. The van der Waals surface area contributed by atoms with Crippen molar-refractivity contribution in [3.8, 4) is 17.2 Å². The molecule has 0 saturated heterocycles. The molecule has 0 fully saturated rings. The number of amides is 1. The molecule has 0 bridgehead atoms. The molecule has 2 aromatic rings. The van der Waals surface area contributed by atoms with Crippen LogP contribution in [-0.2, 0) is 14.3 Å². The fourth-order valence-corrected chi connectivity index (χ4v) is 2.63. The van der Waals surface area contributed by atoms with Gasteiger partial charge in [-0.1, -0.05) is 17.7 Å². The molecule has 0 spiro atoms. The minimum absolute atomic E-state index is 0.175. The number of esters is 1. The van der Waals surface area contributed by atoms with Gasteiger partial charge in [0, 0.05) is 11.1 Å². The number of hydrogen-bond donors (Lipinski definition) is 1. The van der Waals surface area contributed by atoms with Gasteiger partial charge in [0.15, 0.2) is 17.6 Å². The molecule has 28 heavy (non-hydrogen) atoms. The highest BCUT2D eigenvalue weighted by Gasteiger charge is 2.18. The van der Waals surface area contributed by atoms with E-state index in [1.165, 1.54) is 20.1 Å². The zero-order valence-electron chi connectivity index (χ0n) is 15.2. The Bertz CT molecular complexity index is 927. The summed E-state index contributed by atoms with van der Waals surface area (Å²) >= 11 is 5.94. The van der Waals surface area contributed by atoms with Gasteiger partial charge >= 0.3 is 5.97 Å². The molecule has 1 aliphatic heterocycles. The average Bonchev–Trinajstić information content (AvgIpc) is 3.14. The van der Waals surface area contributed by atoms with Crippen LogP contribution in [0.15, 0.2) is 42.5 Å². The summed E-state index contributed by atoms with van der Waals surface area (Å²) in [5, 5.41) is 3.07. The first-order valence-corrected chi connectivity index (χ1v) is 8.77. The smallest absolute Gasteiger partial charge is 0.331 e. The fourth-order valence-electron chi connectivity index (χ4n) is 2.46. The van der Waals surface area contributed by atoms with E-state index in [0.717, 1.165) is 5.56 Å². The van der Waals surface area contributed by atoms with Crippen molar-refractivity contribution in [2.45, 2.75) is 13.0 Å². The molecule has 0 radical (unpaired) electrons. The highest BCUT2D eigenvalue weighted by molar-refractivity contribution is 6.31. The van der Waals surface area contributed by atoms with E-state index in [0.29, 0.717) is 28.0 Å². The number of carbonyl (C=O) groups excluding carboxylic acids is 2. The first-order chi connectivity index (χ1) is 13.5. The summed E-state index contributed by atoms with van der Waals surface area (Å²) in [4.78, 5) is 24.3. The molecule has 0 saturated carbocycles. The normalized spacial score (nSPS) is 13.2. The van der Waals surface area contributed by atoms with Gasteiger partial charge in [-0.3, -0.25) is 4.79 Å². The zero-order chi connectivity index (χ0) is 20.1. The molecule has 0 aromatic heterocycles. The summed E-state index contributed by atoms with van der Waals surface area (Å²) in [6.07, 6.45) is 1.79. The number of carbonyl (C=O) groups is 2. The Morgan fingerprint density at radius 2 is 1.96 bits per heavy atom. The highest BCUT2D eigenvalue weighted by atomic mass is 35.5. The van der Waals surface area contributed by atoms with Gasteiger partial charge in [-0.15, -0.1) is 0 Å². The number of methoxy groups -OCH3 is 1. The molecule has 8 heteroatoms. The van der Waals surface area contributed by atoms with Crippen LogP contribution in [0.25, 0.3) is 6.08 Å². The van der Waals surface area contributed by atoms with Crippen LogP contribution in [0.3, 0.4) is 0 Å². The van der Waals surface area contributed by atoms with Gasteiger partial charge < -0.3 is 24.3 Å². The Labute approximate surface area is 166 Å². The molecule has 1 amide bonds. The number of rotatable bonds is 6. The minimum Gasteiger partial charge on any atom is -0.495 e. The van der Waals surface area contributed by atoms with Crippen molar-refractivity contribution in [3.05, 3.63) is 53.1 Å². The van der Waals surface area contributed by atoms with Crippen LogP contribution in [0.1, 0.15) is 12.5 Å². The monoisotopic (exact) mass is 403 g/mol. The Balaban J connectivity index is 1.58. The lowest BCUT2D eigenvalue weighted by Gasteiger charge is -2.14. The molecule has 1 aliphatic rings. The van der Waals surface area contributed by atoms with Crippen molar-refractivity contribution >= 4 is 35.2 Å². The van der Waals surface area contributed by atoms with Crippen LogP contribution in [-0.4, -0.2) is 31.9 Å². The predicted molar refractivity (Wildman–Crippen MR) is 104 cm³/mol. The van der Waals surface area contributed by atoms with Crippen LogP contribution in [0.2, 0.25) is 5.02 Å². The maximum Gasteiger partial charge on any atom is 0.331 e. The summed E-state index contributed by atoms with van der Waals surface area (Å²) in [5.74, 6) is 0.544. The van der Waals surface area contributed by atoms with E-state index in [-0.39, 0.29) is 6.79 Å². The first kappa shape index (κ1) is 19.6. The Hall–Kier alpha value is -3.19. The van der Waals surface area contributed by atoms with Crippen molar-refractivity contribution in [1.29, 1.82) is 0 Å². The number of nitrogens with one attached hydrogen (secondary N) is 1. The lowest BCUT2D eigenvalue weighted by molar-refractivity contribution is -0.148. The van der Waals surface area contributed by atoms with Gasteiger partial charge in [0.2, 0.25) is 6.79 Å². The number of halogens is 1. The average molecular weight is 404 g/mol. The van der Waals surface area contributed by atoms with E-state index < -0.39 is 18.0 Å². The molecule has 146 valence electrons. The largest absolute Gasteiger partial charge is 0.495 e. The third kappa shape index (κ3) is 4.75. The van der Waals surface area contributed by atoms with Crippen molar-refractivity contribution in [3.63, 3.8) is 0 Å². The van der Waals surface area contributed by atoms with E-state index in [1.807, 2.05) is 0 Å². The van der Waals surface area contributed by atoms with Crippen molar-refractivity contribution < 1.29 is 28.5 Å². The van der Waals surface area contributed by atoms with Gasteiger partial charge in [-0.05, 0) is 48.9 Å². The van der Waals surface area contributed by atoms with Crippen molar-refractivity contribution in [1.82, 2.24) is 0 Å². The van der Waals surface area contributed by atoms with Gasteiger partial charge in [-0.2, -0.15) is 0 Å². The third-order valence-electron chi connectivity index (χ3n) is 3.89. The van der Waals surface area contributed by atoms with Crippen LogP contribution in [0.4, 0.5) is 5.69 Å². The molecule has 7 nitrogen and oxygen atoms in total. The Morgan fingerprint density at radius 1 is 1.18 bits per heavy atom. The Morgan fingerprint density at radius 3 is 2.75 bits per heavy atom. The third-order valence-corrected chi connectivity index (χ3v) is 4.13. The van der Waals surface area contributed by atoms with E-state index in [4.69, 9.17) is 30.5 Å². The van der Waals surface area contributed by atoms with E-state index in [2.05, 4.69) is 5.32 Å². The number of benzene rings is 2. The van der Waals surface area contributed by atoms with Crippen LogP contribution in [0, 0.1) is 0 Å². The second kappa shape index (κ2) is 8.67. The second-order valence-electron chi connectivity index (χ2n) is 5.86. The molecular weight excluding hydrogens is 386 g/mol. The zero-order valence-corrected chi connectivity index (χ0v) is 16.0. The fraction of sp³-hybridized carbons (Fsp3) is 0.200. The molecule has 1 heterocycles. The molecule has 2 aromatic carbocycles. The summed E-state index contributed by atoms with van der Waals surface area (Å²) in [6.45, 7) is 1.65. The standard InChI is InChI=1S/C20H18ClNO6/c1-12(20(24)22-15-10-14(21)5-7-16(15)25-2)28-19(23)8-4-13-3-6-17-18(9-13)27-11-26-17/h3-10,12H,11H2,1-2H3,(H,22,24)/b8-4+/t12-/m1/s1. The number of ether oxygens (including phenoxy) is 4. The van der Waals surface area contributed by atoms with Crippen LogP contribution >= 0.6 is 11.6 Å².